The van der Waals surface area contributed by atoms with Gasteiger partial charge in [-0.2, -0.15) is 11.8 Å². The van der Waals surface area contributed by atoms with E-state index in [1.54, 1.807) is 0 Å². The molecule has 1 rings (SSSR count). The van der Waals surface area contributed by atoms with Gasteiger partial charge in [0.2, 0.25) is 0 Å². The van der Waals surface area contributed by atoms with E-state index in [9.17, 15) is 0 Å². The first kappa shape index (κ1) is 11.4. The van der Waals surface area contributed by atoms with Crippen molar-refractivity contribution in [2.24, 2.45) is 5.92 Å². The Labute approximate surface area is 87.1 Å². The van der Waals surface area contributed by atoms with Crippen molar-refractivity contribution in [1.82, 2.24) is 5.32 Å². The highest BCUT2D eigenvalue weighted by atomic mass is 32.2. The van der Waals surface area contributed by atoms with Gasteiger partial charge in [-0.15, -0.1) is 0 Å². The quantitative estimate of drug-likeness (QED) is 0.734. The molecule has 0 aromatic carbocycles. The largest absolute Gasteiger partial charge is 0.314 e. The third-order valence-electron chi connectivity index (χ3n) is 3.00. The Morgan fingerprint density at radius 3 is 2.69 bits per heavy atom. The molecule has 0 spiro atoms. The molecule has 0 radical (unpaired) electrons. The lowest BCUT2D eigenvalue weighted by atomic mass is 9.99. The summed E-state index contributed by atoms with van der Waals surface area (Å²) in [7, 11) is 0. The molecule has 0 saturated carbocycles. The van der Waals surface area contributed by atoms with Crippen LogP contribution in [0.4, 0.5) is 0 Å². The van der Waals surface area contributed by atoms with Crippen LogP contribution in [-0.2, 0) is 0 Å². The van der Waals surface area contributed by atoms with E-state index in [2.05, 4.69) is 30.9 Å². The Balaban J connectivity index is 1.98. The lowest BCUT2D eigenvalue weighted by Crippen LogP contribution is -2.28. The van der Waals surface area contributed by atoms with Gasteiger partial charge in [-0.1, -0.05) is 6.92 Å². The first-order valence-corrected chi connectivity index (χ1v) is 6.79. The monoisotopic (exact) mass is 201 g/mol. The first-order valence-electron chi connectivity index (χ1n) is 5.64. The number of hydrogen-bond acceptors (Lipinski definition) is 2. The van der Waals surface area contributed by atoms with E-state index in [1.807, 2.05) is 0 Å². The van der Waals surface area contributed by atoms with Crippen LogP contribution in [0, 0.1) is 5.92 Å². The summed E-state index contributed by atoms with van der Waals surface area (Å²) in [5.74, 6) is 3.81. The van der Waals surface area contributed by atoms with E-state index in [0.29, 0.717) is 6.04 Å². The van der Waals surface area contributed by atoms with E-state index in [4.69, 9.17) is 0 Å². The van der Waals surface area contributed by atoms with E-state index in [0.717, 1.165) is 5.92 Å². The Morgan fingerprint density at radius 1 is 1.38 bits per heavy atom. The maximum atomic E-state index is 3.57. The molecule has 0 amide bonds. The fraction of sp³-hybridized carbons (Fsp3) is 1.00. The Hall–Kier alpha value is 0.310. The molecule has 1 fully saturated rings. The summed E-state index contributed by atoms with van der Waals surface area (Å²) in [6, 6.07) is 0.706. The Kier molecular flexibility index (Phi) is 5.88. The second kappa shape index (κ2) is 6.72. The van der Waals surface area contributed by atoms with Crippen molar-refractivity contribution in [1.29, 1.82) is 0 Å². The van der Waals surface area contributed by atoms with E-state index < -0.39 is 0 Å². The third-order valence-corrected chi connectivity index (χ3v) is 4.05. The SMILES string of the molecule is CCC(C)NCCC1CCSCC1. The third kappa shape index (κ3) is 4.92. The van der Waals surface area contributed by atoms with Gasteiger partial charge in [0, 0.05) is 6.04 Å². The van der Waals surface area contributed by atoms with Crippen molar-refractivity contribution in [3.05, 3.63) is 0 Å². The van der Waals surface area contributed by atoms with Crippen molar-refractivity contribution in [2.75, 3.05) is 18.1 Å². The topological polar surface area (TPSA) is 12.0 Å². The minimum absolute atomic E-state index is 0.706. The van der Waals surface area contributed by atoms with Crippen LogP contribution >= 0.6 is 11.8 Å². The predicted octanol–water partition coefficient (Wildman–Crippen LogP) is 2.91. The summed E-state index contributed by atoms with van der Waals surface area (Å²) in [6.07, 6.45) is 5.55. The van der Waals surface area contributed by atoms with Gasteiger partial charge in [0.05, 0.1) is 0 Å². The van der Waals surface area contributed by atoms with Gasteiger partial charge in [0.15, 0.2) is 0 Å². The fourth-order valence-electron chi connectivity index (χ4n) is 1.71. The standard InChI is InChI=1S/C11H23NS/c1-3-10(2)12-7-4-11-5-8-13-9-6-11/h10-12H,3-9H2,1-2H3. The fourth-order valence-corrected chi connectivity index (χ4v) is 2.92. The van der Waals surface area contributed by atoms with Crippen molar-refractivity contribution >= 4 is 11.8 Å². The second-order valence-corrected chi connectivity index (χ2v) is 5.33. The van der Waals surface area contributed by atoms with Crippen molar-refractivity contribution in [3.8, 4) is 0 Å². The molecule has 1 aliphatic heterocycles. The van der Waals surface area contributed by atoms with Crippen LogP contribution in [0.2, 0.25) is 0 Å². The van der Waals surface area contributed by atoms with Crippen LogP contribution in [0.5, 0.6) is 0 Å². The van der Waals surface area contributed by atoms with Crippen LogP contribution in [0.25, 0.3) is 0 Å². The summed E-state index contributed by atoms with van der Waals surface area (Å²) in [5.41, 5.74) is 0. The summed E-state index contributed by atoms with van der Waals surface area (Å²) in [4.78, 5) is 0. The number of rotatable bonds is 5. The lowest BCUT2D eigenvalue weighted by molar-refractivity contribution is 0.416. The number of nitrogens with one attached hydrogen (secondary N) is 1. The summed E-state index contributed by atoms with van der Waals surface area (Å²) >= 11 is 2.12. The zero-order valence-electron chi connectivity index (χ0n) is 9.01. The Morgan fingerprint density at radius 2 is 2.08 bits per heavy atom. The second-order valence-electron chi connectivity index (χ2n) is 4.11. The first-order chi connectivity index (χ1) is 6.33. The molecule has 0 aliphatic carbocycles. The zero-order chi connectivity index (χ0) is 9.52. The molecule has 0 aromatic rings. The van der Waals surface area contributed by atoms with Crippen LogP contribution in [-0.4, -0.2) is 24.1 Å². The van der Waals surface area contributed by atoms with Crippen LogP contribution in [0.3, 0.4) is 0 Å². The molecule has 1 nitrogen and oxygen atoms in total. The molecule has 1 aliphatic rings. The van der Waals surface area contributed by atoms with Gasteiger partial charge in [0.1, 0.15) is 0 Å². The minimum Gasteiger partial charge on any atom is -0.314 e. The summed E-state index contributed by atoms with van der Waals surface area (Å²) < 4.78 is 0. The normalized spacial score (nSPS) is 21.7. The van der Waals surface area contributed by atoms with Crippen LogP contribution in [0.1, 0.15) is 39.5 Å². The molecule has 0 aromatic heterocycles. The molecule has 78 valence electrons. The van der Waals surface area contributed by atoms with Crippen molar-refractivity contribution < 1.29 is 0 Å². The van der Waals surface area contributed by atoms with Gasteiger partial charge in [0.25, 0.3) is 0 Å². The molecule has 1 N–H and O–H groups in total. The average molecular weight is 201 g/mol. The molecule has 2 heteroatoms. The Bertz CT molecular complexity index is 121. The van der Waals surface area contributed by atoms with Crippen molar-refractivity contribution in [2.45, 2.75) is 45.6 Å². The summed E-state index contributed by atoms with van der Waals surface area (Å²) in [5, 5.41) is 3.57. The van der Waals surface area contributed by atoms with E-state index in [-0.39, 0.29) is 0 Å². The molecular formula is C11H23NS. The molecule has 1 unspecified atom stereocenters. The molecule has 1 atom stereocenters. The number of thioether (sulfide) groups is 1. The highest BCUT2D eigenvalue weighted by Crippen LogP contribution is 2.24. The maximum absolute atomic E-state index is 3.57. The van der Waals surface area contributed by atoms with Crippen LogP contribution in [0.15, 0.2) is 0 Å². The average Bonchev–Trinajstić information content (AvgIpc) is 2.19. The van der Waals surface area contributed by atoms with Gasteiger partial charge in [-0.05, 0) is 56.6 Å². The molecular weight excluding hydrogens is 178 g/mol. The van der Waals surface area contributed by atoms with Gasteiger partial charge >= 0.3 is 0 Å². The van der Waals surface area contributed by atoms with E-state index in [1.165, 1.54) is 43.7 Å². The minimum atomic E-state index is 0.706. The maximum Gasteiger partial charge on any atom is 0.00361 e. The van der Waals surface area contributed by atoms with E-state index >= 15 is 0 Å². The smallest absolute Gasteiger partial charge is 0.00361 e. The van der Waals surface area contributed by atoms with Gasteiger partial charge in [-0.3, -0.25) is 0 Å². The van der Waals surface area contributed by atoms with Crippen molar-refractivity contribution in [3.63, 3.8) is 0 Å². The highest BCUT2D eigenvalue weighted by Gasteiger charge is 2.12. The highest BCUT2D eigenvalue weighted by molar-refractivity contribution is 7.99. The molecule has 1 saturated heterocycles. The number of hydrogen-bond donors (Lipinski definition) is 1. The lowest BCUT2D eigenvalue weighted by Gasteiger charge is -2.22. The summed E-state index contributed by atoms with van der Waals surface area (Å²) in [6.45, 7) is 5.75. The predicted molar refractivity (Wildman–Crippen MR) is 62.4 cm³/mol. The molecule has 0 bridgehead atoms. The van der Waals surface area contributed by atoms with Crippen LogP contribution < -0.4 is 5.32 Å². The van der Waals surface area contributed by atoms with Gasteiger partial charge in [-0.25, -0.2) is 0 Å². The van der Waals surface area contributed by atoms with Gasteiger partial charge < -0.3 is 5.32 Å². The zero-order valence-corrected chi connectivity index (χ0v) is 9.83. The molecule has 1 heterocycles. The molecule has 13 heavy (non-hydrogen) atoms.